The standard InChI is InChI=1S/C12H16FNO/c1-3-9(2)12(15)14-8-10-4-6-11(13)7-5-10/h4-7,9H,3,8H2,1-2H3,(H,14,15)/t9-/m1/s1. The van der Waals surface area contributed by atoms with Gasteiger partial charge < -0.3 is 5.32 Å². The van der Waals surface area contributed by atoms with Crippen LogP contribution in [0.1, 0.15) is 25.8 Å². The molecule has 1 aromatic rings. The van der Waals surface area contributed by atoms with Gasteiger partial charge in [0.2, 0.25) is 5.91 Å². The number of nitrogens with one attached hydrogen (secondary N) is 1. The van der Waals surface area contributed by atoms with Crippen molar-refractivity contribution in [2.45, 2.75) is 26.8 Å². The second kappa shape index (κ2) is 5.49. The van der Waals surface area contributed by atoms with Gasteiger partial charge in [0, 0.05) is 12.5 Å². The topological polar surface area (TPSA) is 29.1 Å². The van der Waals surface area contributed by atoms with Gasteiger partial charge in [-0.2, -0.15) is 0 Å². The van der Waals surface area contributed by atoms with Crippen LogP contribution in [0.25, 0.3) is 0 Å². The van der Waals surface area contributed by atoms with Gasteiger partial charge in [0.25, 0.3) is 0 Å². The van der Waals surface area contributed by atoms with E-state index in [0.29, 0.717) is 6.54 Å². The molecule has 0 spiro atoms. The minimum atomic E-state index is -0.257. The molecule has 0 aliphatic carbocycles. The maximum Gasteiger partial charge on any atom is 0.223 e. The molecule has 0 aliphatic rings. The first kappa shape index (κ1) is 11.7. The Balaban J connectivity index is 2.43. The van der Waals surface area contributed by atoms with Gasteiger partial charge in [0.1, 0.15) is 5.82 Å². The van der Waals surface area contributed by atoms with Gasteiger partial charge in [-0.1, -0.05) is 26.0 Å². The van der Waals surface area contributed by atoms with Crippen molar-refractivity contribution in [3.05, 3.63) is 35.6 Å². The average Bonchev–Trinajstić information content (AvgIpc) is 2.26. The minimum absolute atomic E-state index is 0.0328. The molecule has 1 rings (SSSR count). The second-order valence-electron chi connectivity index (χ2n) is 3.65. The summed E-state index contributed by atoms with van der Waals surface area (Å²) in [7, 11) is 0. The monoisotopic (exact) mass is 209 g/mol. The van der Waals surface area contributed by atoms with Gasteiger partial charge in [0.15, 0.2) is 0 Å². The van der Waals surface area contributed by atoms with E-state index in [-0.39, 0.29) is 17.6 Å². The second-order valence-corrected chi connectivity index (χ2v) is 3.65. The molecular weight excluding hydrogens is 193 g/mol. The molecule has 1 atom stereocenters. The summed E-state index contributed by atoms with van der Waals surface area (Å²) in [6.45, 7) is 4.32. The van der Waals surface area contributed by atoms with Crippen molar-refractivity contribution < 1.29 is 9.18 Å². The predicted molar refractivity (Wildman–Crippen MR) is 57.7 cm³/mol. The fourth-order valence-electron chi connectivity index (χ4n) is 1.15. The highest BCUT2D eigenvalue weighted by atomic mass is 19.1. The van der Waals surface area contributed by atoms with Crippen LogP contribution in [0.3, 0.4) is 0 Å². The Hall–Kier alpha value is -1.38. The molecule has 1 amide bonds. The molecule has 0 saturated heterocycles. The fraction of sp³-hybridized carbons (Fsp3) is 0.417. The van der Waals surface area contributed by atoms with Gasteiger partial charge >= 0.3 is 0 Å². The number of amides is 1. The van der Waals surface area contributed by atoms with Gasteiger partial charge in [-0.15, -0.1) is 0 Å². The Morgan fingerprint density at radius 1 is 1.40 bits per heavy atom. The molecule has 0 aromatic heterocycles. The van der Waals surface area contributed by atoms with Crippen LogP contribution in [0.2, 0.25) is 0 Å². The van der Waals surface area contributed by atoms with E-state index in [1.54, 1.807) is 12.1 Å². The summed E-state index contributed by atoms with van der Waals surface area (Å²) < 4.78 is 12.6. The molecule has 0 bridgehead atoms. The highest BCUT2D eigenvalue weighted by molar-refractivity contribution is 5.78. The largest absolute Gasteiger partial charge is 0.352 e. The summed E-state index contributed by atoms with van der Waals surface area (Å²) in [5, 5.41) is 2.81. The van der Waals surface area contributed by atoms with Crippen molar-refractivity contribution in [3.8, 4) is 0 Å². The van der Waals surface area contributed by atoms with Gasteiger partial charge in [0.05, 0.1) is 0 Å². The number of carbonyl (C=O) groups excluding carboxylic acids is 1. The fourth-order valence-corrected chi connectivity index (χ4v) is 1.15. The van der Waals surface area contributed by atoms with E-state index in [1.807, 2.05) is 13.8 Å². The highest BCUT2D eigenvalue weighted by Gasteiger charge is 2.09. The number of rotatable bonds is 4. The van der Waals surface area contributed by atoms with Crippen LogP contribution in [-0.2, 0) is 11.3 Å². The van der Waals surface area contributed by atoms with Crippen molar-refractivity contribution in [2.75, 3.05) is 0 Å². The van der Waals surface area contributed by atoms with Crippen LogP contribution in [0.15, 0.2) is 24.3 Å². The highest BCUT2D eigenvalue weighted by Crippen LogP contribution is 2.04. The van der Waals surface area contributed by atoms with E-state index in [9.17, 15) is 9.18 Å². The van der Waals surface area contributed by atoms with E-state index in [0.717, 1.165) is 12.0 Å². The number of halogens is 1. The molecule has 1 aromatic carbocycles. The summed E-state index contributed by atoms with van der Waals surface area (Å²) >= 11 is 0. The van der Waals surface area contributed by atoms with Gasteiger partial charge in [-0.25, -0.2) is 4.39 Å². The zero-order valence-electron chi connectivity index (χ0n) is 9.09. The molecule has 0 saturated carbocycles. The first-order chi connectivity index (χ1) is 7.13. The third-order valence-corrected chi connectivity index (χ3v) is 2.44. The molecule has 3 heteroatoms. The first-order valence-electron chi connectivity index (χ1n) is 5.15. The lowest BCUT2D eigenvalue weighted by atomic mass is 10.1. The summed E-state index contributed by atoms with van der Waals surface area (Å²) in [5.74, 6) is -0.181. The van der Waals surface area contributed by atoms with Crippen LogP contribution >= 0.6 is 0 Å². The smallest absolute Gasteiger partial charge is 0.223 e. The Morgan fingerprint density at radius 3 is 2.53 bits per heavy atom. The summed E-state index contributed by atoms with van der Waals surface area (Å²) in [4.78, 5) is 11.4. The normalized spacial score (nSPS) is 12.2. The summed E-state index contributed by atoms with van der Waals surface area (Å²) in [6.07, 6.45) is 0.829. The van der Waals surface area contributed by atoms with Crippen LogP contribution in [-0.4, -0.2) is 5.91 Å². The lowest BCUT2D eigenvalue weighted by Crippen LogP contribution is -2.28. The minimum Gasteiger partial charge on any atom is -0.352 e. The zero-order chi connectivity index (χ0) is 11.3. The van der Waals surface area contributed by atoms with Crippen molar-refractivity contribution >= 4 is 5.91 Å². The molecule has 1 N–H and O–H groups in total. The Kier molecular flexibility index (Phi) is 4.28. The van der Waals surface area contributed by atoms with Crippen molar-refractivity contribution in [2.24, 2.45) is 5.92 Å². The number of carbonyl (C=O) groups is 1. The molecule has 82 valence electrons. The molecule has 2 nitrogen and oxygen atoms in total. The molecular formula is C12H16FNO. The number of hydrogen-bond donors (Lipinski definition) is 1. The maximum atomic E-state index is 12.6. The Labute approximate surface area is 89.5 Å². The number of hydrogen-bond acceptors (Lipinski definition) is 1. The Bertz CT molecular complexity index is 321. The first-order valence-corrected chi connectivity index (χ1v) is 5.15. The average molecular weight is 209 g/mol. The van der Waals surface area contributed by atoms with Crippen molar-refractivity contribution in [1.29, 1.82) is 0 Å². The SMILES string of the molecule is CC[C@@H](C)C(=O)NCc1ccc(F)cc1. The Morgan fingerprint density at radius 2 is 2.00 bits per heavy atom. The van der Waals surface area contributed by atoms with Crippen LogP contribution in [0, 0.1) is 11.7 Å². The molecule has 0 fully saturated rings. The van der Waals surface area contributed by atoms with Gasteiger partial charge in [-0.05, 0) is 24.1 Å². The lowest BCUT2D eigenvalue weighted by molar-refractivity contribution is -0.124. The van der Waals surface area contributed by atoms with Crippen LogP contribution in [0.4, 0.5) is 4.39 Å². The van der Waals surface area contributed by atoms with E-state index in [1.165, 1.54) is 12.1 Å². The van der Waals surface area contributed by atoms with Crippen LogP contribution < -0.4 is 5.32 Å². The number of benzene rings is 1. The molecule has 0 unspecified atom stereocenters. The third-order valence-electron chi connectivity index (χ3n) is 2.44. The quantitative estimate of drug-likeness (QED) is 0.811. The van der Waals surface area contributed by atoms with Crippen LogP contribution in [0.5, 0.6) is 0 Å². The van der Waals surface area contributed by atoms with Crippen molar-refractivity contribution in [1.82, 2.24) is 5.32 Å². The molecule has 0 radical (unpaired) electrons. The zero-order valence-corrected chi connectivity index (χ0v) is 9.09. The predicted octanol–water partition coefficient (Wildman–Crippen LogP) is 2.49. The van der Waals surface area contributed by atoms with Gasteiger partial charge in [-0.3, -0.25) is 4.79 Å². The van der Waals surface area contributed by atoms with Crippen molar-refractivity contribution in [3.63, 3.8) is 0 Å². The summed E-state index contributed by atoms with van der Waals surface area (Å²) in [6, 6.07) is 6.13. The van der Waals surface area contributed by atoms with E-state index in [2.05, 4.69) is 5.32 Å². The molecule has 0 aliphatic heterocycles. The molecule has 0 heterocycles. The van der Waals surface area contributed by atoms with E-state index < -0.39 is 0 Å². The third kappa shape index (κ3) is 3.70. The van der Waals surface area contributed by atoms with E-state index >= 15 is 0 Å². The van der Waals surface area contributed by atoms with E-state index in [4.69, 9.17) is 0 Å². The summed E-state index contributed by atoms with van der Waals surface area (Å²) in [5.41, 5.74) is 0.910. The maximum absolute atomic E-state index is 12.6. The molecule has 15 heavy (non-hydrogen) atoms. The lowest BCUT2D eigenvalue weighted by Gasteiger charge is -2.09.